The predicted octanol–water partition coefficient (Wildman–Crippen LogP) is 2.01. The van der Waals surface area contributed by atoms with Gasteiger partial charge < -0.3 is 15.3 Å². The van der Waals surface area contributed by atoms with Crippen LogP contribution in [0.25, 0.3) is 0 Å². The molecule has 1 aromatic carbocycles. The summed E-state index contributed by atoms with van der Waals surface area (Å²) in [5.74, 6) is -0.102. The third kappa shape index (κ3) is 3.45. The molecule has 0 amide bonds. The van der Waals surface area contributed by atoms with Crippen molar-refractivity contribution in [3.8, 4) is 5.75 Å². The number of phenolic OH excluding ortho intramolecular Hbond substituents is 1. The fraction of sp³-hybridized carbons (Fsp3) is 0.462. The number of benzene rings is 1. The number of phenols is 1. The molecule has 0 saturated carbocycles. The van der Waals surface area contributed by atoms with Crippen molar-refractivity contribution in [1.82, 2.24) is 0 Å². The highest BCUT2D eigenvalue weighted by Crippen LogP contribution is 2.26. The van der Waals surface area contributed by atoms with Crippen molar-refractivity contribution >= 4 is 17.4 Å². The van der Waals surface area contributed by atoms with Crippen molar-refractivity contribution in [2.24, 2.45) is 0 Å². The predicted molar refractivity (Wildman–Crippen MR) is 69.0 cm³/mol. The zero-order valence-corrected chi connectivity index (χ0v) is 10.9. The van der Waals surface area contributed by atoms with E-state index in [1.807, 2.05) is 0 Å². The average Bonchev–Trinajstić information content (AvgIpc) is 2.38. The summed E-state index contributed by atoms with van der Waals surface area (Å²) in [5.41, 5.74) is 0.550. The van der Waals surface area contributed by atoms with E-state index in [2.05, 4.69) is 0 Å². The van der Waals surface area contributed by atoms with Crippen molar-refractivity contribution in [3.05, 3.63) is 29.3 Å². The van der Waals surface area contributed by atoms with Crippen LogP contribution in [0.3, 0.4) is 0 Å². The van der Waals surface area contributed by atoms with E-state index in [9.17, 15) is 20.1 Å². The van der Waals surface area contributed by atoms with Crippen LogP contribution >= 0.6 is 11.6 Å². The summed E-state index contributed by atoms with van der Waals surface area (Å²) in [7, 11) is 0. The highest BCUT2D eigenvalue weighted by atomic mass is 35.5. The first-order chi connectivity index (χ1) is 8.51. The molecule has 18 heavy (non-hydrogen) atoms. The van der Waals surface area contributed by atoms with Crippen LogP contribution in [0, 0.1) is 0 Å². The number of alkyl halides is 1. The molecule has 2 atom stereocenters. The second kappa shape index (κ2) is 6.73. The maximum Gasteiger partial charge on any atom is 0.166 e. The lowest BCUT2D eigenvalue weighted by molar-refractivity contribution is 0.0169. The van der Waals surface area contributed by atoms with Gasteiger partial charge in [0, 0.05) is 12.3 Å². The smallest absolute Gasteiger partial charge is 0.166 e. The Morgan fingerprint density at radius 3 is 2.61 bits per heavy atom. The molecule has 5 heteroatoms. The van der Waals surface area contributed by atoms with Gasteiger partial charge in [-0.2, -0.15) is 0 Å². The van der Waals surface area contributed by atoms with E-state index in [0.717, 1.165) is 0 Å². The summed E-state index contributed by atoms with van der Waals surface area (Å²) in [6.45, 7) is 1.69. The number of rotatable bonds is 6. The second-order valence-corrected chi connectivity index (χ2v) is 4.42. The van der Waals surface area contributed by atoms with Crippen LogP contribution in [-0.2, 0) is 0 Å². The summed E-state index contributed by atoms with van der Waals surface area (Å²) in [6.07, 6.45) is -1.60. The van der Waals surface area contributed by atoms with E-state index < -0.39 is 12.2 Å². The molecule has 0 aliphatic carbocycles. The highest BCUT2D eigenvalue weighted by Gasteiger charge is 2.20. The van der Waals surface area contributed by atoms with Crippen molar-refractivity contribution in [2.75, 3.05) is 5.88 Å². The SMILES string of the molecule is CCC(=O)c1cc(C(O)C(O)CCCl)ccc1O. The molecule has 0 fully saturated rings. The van der Waals surface area contributed by atoms with Crippen molar-refractivity contribution < 1.29 is 20.1 Å². The Kier molecular flexibility index (Phi) is 5.59. The first kappa shape index (κ1) is 15.0. The van der Waals surface area contributed by atoms with Gasteiger partial charge in [-0.3, -0.25) is 4.79 Å². The van der Waals surface area contributed by atoms with E-state index in [4.69, 9.17) is 11.6 Å². The monoisotopic (exact) mass is 272 g/mol. The summed E-state index contributed by atoms with van der Waals surface area (Å²) >= 11 is 5.49. The zero-order chi connectivity index (χ0) is 13.7. The van der Waals surface area contributed by atoms with Crippen molar-refractivity contribution in [1.29, 1.82) is 0 Å². The van der Waals surface area contributed by atoms with E-state index in [1.165, 1.54) is 18.2 Å². The maximum atomic E-state index is 11.6. The first-order valence-electron chi connectivity index (χ1n) is 5.79. The van der Waals surface area contributed by atoms with Gasteiger partial charge in [-0.25, -0.2) is 0 Å². The molecule has 3 N–H and O–H groups in total. The van der Waals surface area contributed by atoms with Gasteiger partial charge in [0.1, 0.15) is 11.9 Å². The molecule has 4 nitrogen and oxygen atoms in total. The number of carbonyl (C=O) groups excluding carboxylic acids is 1. The molecular formula is C13H17ClO4. The molecule has 2 unspecified atom stereocenters. The number of hydrogen-bond acceptors (Lipinski definition) is 4. The molecule has 100 valence electrons. The lowest BCUT2D eigenvalue weighted by atomic mass is 9.98. The number of ketones is 1. The molecule has 1 rings (SSSR count). The van der Waals surface area contributed by atoms with E-state index in [1.54, 1.807) is 6.92 Å². The van der Waals surface area contributed by atoms with Gasteiger partial charge in [-0.05, 0) is 24.1 Å². The van der Waals surface area contributed by atoms with Crippen LogP contribution in [0.2, 0.25) is 0 Å². The van der Waals surface area contributed by atoms with Gasteiger partial charge in [0.2, 0.25) is 0 Å². The number of hydrogen-bond donors (Lipinski definition) is 3. The normalized spacial score (nSPS) is 14.2. The number of Topliss-reactive ketones (excluding diaryl/α,β-unsaturated/α-hetero) is 1. The Morgan fingerprint density at radius 2 is 2.06 bits per heavy atom. The fourth-order valence-corrected chi connectivity index (χ4v) is 1.87. The molecule has 0 aromatic heterocycles. The lowest BCUT2D eigenvalue weighted by Gasteiger charge is -2.18. The summed E-state index contributed by atoms with van der Waals surface area (Å²) < 4.78 is 0. The van der Waals surface area contributed by atoms with Gasteiger partial charge in [0.25, 0.3) is 0 Å². The van der Waals surface area contributed by atoms with Crippen molar-refractivity contribution in [2.45, 2.75) is 32.0 Å². The summed E-state index contributed by atoms with van der Waals surface area (Å²) in [6, 6.07) is 4.22. The van der Waals surface area contributed by atoms with Gasteiger partial charge in [-0.15, -0.1) is 11.6 Å². The summed E-state index contributed by atoms with van der Waals surface area (Å²) in [4.78, 5) is 11.6. The molecule has 0 spiro atoms. The van der Waals surface area contributed by atoms with Crippen molar-refractivity contribution in [3.63, 3.8) is 0 Å². The van der Waals surface area contributed by atoms with Crippen LogP contribution in [-0.4, -0.2) is 33.1 Å². The van der Waals surface area contributed by atoms with Gasteiger partial charge in [0.15, 0.2) is 5.78 Å². The highest BCUT2D eigenvalue weighted by molar-refractivity contribution is 6.17. The minimum atomic E-state index is -1.12. The first-order valence-corrected chi connectivity index (χ1v) is 6.32. The van der Waals surface area contributed by atoms with Crippen LogP contribution in [0.4, 0.5) is 0 Å². The summed E-state index contributed by atoms with van der Waals surface area (Å²) in [5, 5.41) is 29.1. The molecule has 0 aliphatic rings. The minimum Gasteiger partial charge on any atom is -0.507 e. The average molecular weight is 273 g/mol. The Hall–Kier alpha value is -1.10. The number of halogens is 1. The molecular weight excluding hydrogens is 256 g/mol. The van der Waals surface area contributed by atoms with Gasteiger partial charge in [-0.1, -0.05) is 13.0 Å². The quantitative estimate of drug-likeness (QED) is 0.547. The van der Waals surface area contributed by atoms with E-state index >= 15 is 0 Å². The van der Waals surface area contributed by atoms with Crippen LogP contribution in [0.1, 0.15) is 41.8 Å². The van der Waals surface area contributed by atoms with E-state index in [0.29, 0.717) is 5.56 Å². The molecule has 1 aromatic rings. The van der Waals surface area contributed by atoms with Crippen LogP contribution in [0.5, 0.6) is 5.75 Å². The second-order valence-electron chi connectivity index (χ2n) is 4.04. The van der Waals surface area contributed by atoms with Gasteiger partial charge >= 0.3 is 0 Å². The molecule has 0 heterocycles. The third-order valence-corrected chi connectivity index (χ3v) is 2.97. The topological polar surface area (TPSA) is 77.8 Å². The van der Waals surface area contributed by atoms with Crippen LogP contribution < -0.4 is 0 Å². The molecule has 0 saturated heterocycles. The Morgan fingerprint density at radius 1 is 1.39 bits per heavy atom. The number of carbonyl (C=O) groups is 1. The molecule has 0 aliphatic heterocycles. The Bertz CT molecular complexity index is 419. The maximum absolute atomic E-state index is 11.6. The zero-order valence-electron chi connectivity index (χ0n) is 10.1. The molecule has 0 bridgehead atoms. The third-order valence-electron chi connectivity index (χ3n) is 2.75. The largest absolute Gasteiger partial charge is 0.507 e. The van der Waals surface area contributed by atoms with Gasteiger partial charge in [0.05, 0.1) is 11.7 Å². The lowest BCUT2D eigenvalue weighted by Crippen LogP contribution is -2.19. The Labute approximate surface area is 111 Å². The molecule has 0 radical (unpaired) electrons. The van der Waals surface area contributed by atoms with E-state index in [-0.39, 0.29) is 35.8 Å². The van der Waals surface area contributed by atoms with Crippen LogP contribution in [0.15, 0.2) is 18.2 Å². The number of aliphatic hydroxyl groups excluding tert-OH is 2. The number of aromatic hydroxyl groups is 1. The number of aliphatic hydroxyl groups is 2. The Balaban J connectivity index is 3.00. The standard InChI is InChI=1S/C13H17ClO4/c1-2-10(15)9-7-8(3-4-11(9)16)13(18)12(17)5-6-14/h3-4,7,12-13,16-18H,2,5-6H2,1H3. The fourth-order valence-electron chi connectivity index (χ4n) is 1.64. The minimum absolute atomic E-state index is 0.121.